The molecule has 1 saturated carbocycles. The first-order valence-corrected chi connectivity index (χ1v) is 7.15. The summed E-state index contributed by atoms with van der Waals surface area (Å²) in [6.45, 7) is 7.25. The van der Waals surface area contributed by atoms with Gasteiger partial charge in [-0.15, -0.1) is 0 Å². The molecule has 0 spiro atoms. The molecule has 0 saturated heterocycles. The number of carbonyl (C=O) groups excluding carboxylic acids is 1. The van der Waals surface area contributed by atoms with Crippen molar-refractivity contribution in [1.82, 2.24) is 10.6 Å². The average Bonchev–Trinajstić information content (AvgIpc) is 3.12. The minimum absolute atomic E-state index is 0.450. The fourth-order valence-corrected chi connectivity index (χ4v) is 1.74. The van der Waals surface area contributed by atoms with E-state index in [9.17, 15) is 9.59 Å². The number of ether oxygens (including phenoxy) is 1. The van der Waals surface area contributed by atoms with Crippen LogP contribution in [0.1, 0.15) is 40.0 Å². The van der Waals surface area contributed by atoms with Crippen LogP contribution in [0, 0.1) is 11.3 Å². The molecule has 0 heterocycles. The minimum atomic E-state index is -1.03. The first-order valence-electron chi connectivity index (χ1n) is 7.15. The van der Waals surface area contributed by atoms with E-state index < -0.39 is 23.5 Å². The van der Waals surface area contributed by atoms with Crippen LogP contribution in [0.4, 0.5) is 4.79 Å². The number of hydrogen-bond donors (Lipinski definition) is 3. The molecule has 6 heteroatoms. The summed E-state index contributed by atoms with van der Waals surface area (Å²) in [6.07, 6.45) is 3.27. The van der Waals surface area contributed by atoms with E-state index in [1.807, 2.05) is 0 Å². The molecule has 0 radical (unpaired) electrons. The molecule has 2 amide bonds. The van der Waals surface area contributed by atoms with Gasteiger partial charge in [-0.1, -0.05) is 20.8 Å². The van der Waals surface area contributed by atoms with E-state index in [2.05, 4.69) is 10.6 Å². The topological polar surface area (TPSA) is 87.7 Å². The number of hydrogen-bond acceptors (Lipinski definition) is 3. The molecule has 1 atom stereocenters. The Kier molecular flexibility index (Phi) is 6.26. The molecule has 1 fully saturated rings. The van der Waals surface area contributed by atoms with Gasteiger partial charge >= 0.3 is 12.0 Å². The molecule has 116 valence electrons. The van der Waals surface area contributed by atoms with Crippen LogP contribution in [-0.4, -0.2) is 42.9 Å². The standard InChI is InChI=1S/C14H26N2O4/c1-14(2,3)11(12(17)18)16-13(19)15-7-4-8-20-9-10-5-6-10/h10-11H,4-9H2,1-3H3,(H,17,18)(H2,15,16,19)/t11-/m0/s1. The van der Waals surface area contributed by atoms with E-state index >= 15 is 0 Å². The van der Waals surface area contributed by atoms with Crippen LogP contribution >= 0.6 is 0 Å². The Hall–Kier alpha value is -1.30. The molecule has 1 aliphatic carbocycles. The summed E-state index contributed by atoms with van der Waals surface area (Å²) >= 11 is 0. The second kappa shape index (κ2) is 7.47. The highest BCUT2D eigenvalue weighted by Crippen LogP contribution is 2.28. The lowest BCUT2D eigenvalue weighted by Gasteiger charge is -2.27. The van der Waals surface area contributed by atoms with E-state index in [1.54, 1.807) is 20.8 Å². The third-order valence-electron chi connectivity index (χ3n) is 3.19. The number of rotatable bonds is 8. The van der Waals surface area contributed by atoms with Gasteiger partial charge in [-0.2, -0.15) is 0 Å². The average molecular weight is 286 g/mol. The fraction of sp³-hybridized carbons (Fsp3) is 0.857. The van der Waals surface area contributed by atoms with Crippen LogP contribution in [0.15, 0.2) is 0 Å². The van der Waals surface area contributed by atoms with Crippen molar-refractivity contribution < 1.29 is 19.4 Å². The molecule has 20 heavy (non-hydrogen) atoms. The zero-order chi connectivity index (χ0) is 15.2. The largest absolute Gasteiger partial charge is 0.480 e. The normalized spacial score (nSPS) is 16.6. The highest BCUT2D eigenvalue weighted by molar-refractivity contribution is 5.83. The van der Waals surface area contributed by atoms with E-state index in [0.29, 0.717) is 13.2 Å². The molecule has 6 nitrogen and oxygen atoms in total. The highest BCUT2D eigenvalue weighted by Gasteiger charge is 2.32. The van der Waals surface area contributed by atoms with Crippen molar-refractivity contribution in [3.05, 3.63) is 0 Å². The van der Waals surface area contributed by atoms with Gasteiger partial charge in [0.05, 0.1) is 0 Å². The Balaban J connectivity index is 2.12. The zero-order valence-corrected chi connectivity index (χ0v) is 12.6. The van der Waals surface area contributed by atoms with Crippen molar-refractivity contribution in [2.24, 2.45) is 11.3 Å². The Morgan fingerprint density at radius 3 is 2.50 bits per heavy atom. The first-order chi connectivity index (χ1) is 9.30. The summed E-state index contributed by atoms with van der Waals surface area (Å²) in [5, 5.41) is 14.2. The summed E-state index contributed by atoms with van der Waals surface area (Å²) in [4.78, 5) is 22.7. The molecule has 0 aromatic carbocycles. The van der Waals surface area contributed by atoms with Crippen molar-refractivity contribution in [2.75, 3.05) is 19.8 Å². The smallest absolute Gasteiger partial charge is 0.326 e. The third-order valence-corrected chi connectivity index (χ3v) is 3.19. The van der Waals surface area contributed by atoms with Crippen molar-refractivity contribution in [2.45, 2.75) is 46.1 Å². The molecule has 1 rings (SSSR count). The van der Waals surface area contributed by atoms with Gasteiger partial charge in [-0.25, -0.2) is 9.59 Å². The maximum absolute atomic E-state index is 11.6. The number of carboxylic acid groups (broad SMARTS) is 1. The van der Waals surface area contributed by atoms with E-state index in [0.717, 1.165) is 18.9 Å². The Morgan fingerprint density at radius 1 is 1.35 bits per heavy atom. The number of urea groups is 1. The van der Waals surface area contributed by atoms with E-state index in [1.165, 1.54) is 12.8 Å². The molecule has 0 aromatic rings. The van der Waals surface area contributed by atoms with Gasteiger partial charge in [-0.05, 0) is 30.6 Å². The number of aliphatic carboxylic acids is 1. The van der Waals surface area contributed by atoms with Gasteiger partial charge in [0.15, 0.2) is 0 Å². The van der Waals surface area contributed by atoms with Gasteiger partial charge in [-0.3, -0.25) is 0 Å². The predicted octanol–water partition coefficient (Wildman–Crippen LogP) is 1.60. The molecule has 0 aliphatic heterocycles. The van der Waals surface area contributed by atoms with Gasteiger partial charge in [0.2, 0.25) is 0 Å². The van der Waals surface area contributed by atoms with Crippen LogP contribution in [0.5, 0.6) is 0 Å². The lowest BCUT2D eigenvalue weighted by Crippen LogP contribution is -2.52. The summed E-state index contributed by atoms with van der Waals surface area (Å²) in [7, 11) is 0. The van der Waals surface area contributed by atoms with Crippen molar-refractivity contribution in [3.63, 3.8) is 0 Å². The lowest BCUT2D eigenvalue weighted by molar-refractivity contribution is -0.141. The number of nitrogens with one attached hydrogen (secondary N) is 2. The summed E-state index contributed by atoms with van der Waals surface area (Å²) < 4.78 is 5.45. The number of amides is 2. The van der Waals surface area contributed by atoms with Gasteiger partial charge < -0.3 is 20.5 Å². The van der Waals surface area contributed by atoms with Crippen molar-refractivity contribution >= 4 is 12.0 Å². The molecule has 1 aliphatic rings. The third kappa shape index (κ3) is 6.75. The molecular weight excluding hydrogens is 260 g/mol. The Bertz CT molecular complexity index is 335. The minimum Gasteiger partial charge on any atom is -0.480 e. The molecule has 0 aromatic heterocycles. The number of carboxylic acids is 1. The Morgan fingerprint density at radius 2 is 2.00 bits per heavy atom. The molecule has 0 unspecified atom stereocenters. The van der Waals surface area contributed by atoms with Crippen LogP contribution in [0.25, 0.3) is 0 Å². The summed E-state index contributed by atoms with van der Waals surface area (Å²) in [5.74, 6) is -0.283. The Labute approximate surface area is 120 Å². The molecule has 3 N–H and O–H groups in total. The summed E-state index contributed by atoms with van der Waals surface area (Å²) in [6, 6.07) is -1.36. The quantitative estimate of drug-likeness (QED) is 0.591. The van der Waals surface area contributed by atoms with Crippen molar-refractivity contribution in [1.29, 1.82) is 0 Å². The van der Waals surface area contributed by atoms with E-state index in [4.69, 9.17) is 9.84 Å². The van der Waals surface area contributed by atoms with E-state index in [-0.39, 0.29) is 0 Å². The van der Waals surface area contributed by atoms with Crippen LogP contribution < -0.4 is 10.6 Å². The SMILES string of the molecule is CC(C)(C)[C@@H](NC(=O)NCCCOCC1CC1)C(=O)O. The van der Waals surface area contributed by atoms with Crippen LogP contribution in [0.2, 0.25) is 0 Å². The summed E-state index contributed by atoms with van der Waals surface area (Å²) in [5.41, 5.74) is -0.531. The molecular formula is C14H26N2O4. The van der Waals surface area contributed by atoms with Crippen LogP contribution in [-0.2, 0) is 9.53 Å². The highest BCUT2D eigenvalue weighted by atomic mass is 16.5. The molecule has 0 bridgehead atoms. The maximum Gasteiger partial charge on any atom is 0.326 e. The van der Waals surface area contributed by atoms with Gasteiger partial charge in [0.1, 0.15) is 6.04 Å². The second-order valence-corrected chi connectivity index (χ2v) is 6.41. The second-order valence-electron chi connectivity index (χ2n) is 6.41. The lowest BCUT2D eigenvalue weighted by atomic mass is 9.87. The fourth-order valence-electron chi connectivity index (χ4n) is 1.74. The van der Waals surface area contributed by atoms with Gasteiger partial charge in [0.25, 0.3) is 0 Å². The first kappa shape index (κ1) is 16.8. The van der Waals surface area contributed by atoms with Gasteiger partial charge in [0, 0.05) is 19.8 Å². The predicted molar refractivity (Wildman–Crippen MR) is 75.6 cm³/mol. The van der Waals surface area contributed by atoms with Crippen molar-refractivity contribution in [3.8, 4) is 0 Å². The maximum atomic E-state index is 11.6. The monoisotopic (exact) mass is 286 g/mol. The zero-order valence-electron chi connectivity index (χ0n) is 12.6. The number of carbonyl (C=O) groups is 2. The van der Waals surface area contributed by atoms with Crippen LogP contribution in [0.3, 0.4) is 0 Å².